The molecule has 2 N–H and O–H groups in total. The number of para-hydroxylation sites is 1. The number of halogens is 1. The standard InChI is InChI=1S/C25H24N4OS.ClH/c30-24(19-6-2-1-3-7-19)27-21-9-5-4-8-20(21)25-28-22-11-10-18(16-23(22)31-25)17-29-14-12-26-13-15-29;/h1-11,16,26H,12-15,17H2,(H,27,30);1H. The number of nitrogens with zero attached hydrogens (tertiary/aromatic N) is 2. The summed E-state index contributed by atoms with van der Waals surface area (Å²) in [7, 11) is 0. The number of hydrogen-bond donors (Lipinski definition) is 2. The molecule has 5 rings (SSSR count). The van der Waals surface area contributed by atoms with Gasteiger partial charge in [0.15, 0.2) is 0 Å². The quantitative estimate of drug-likeness (QED) is 0.434. The molecule has 4 aromatic rings. The molecule has 0 atom stereocenters. The molecule has 0 spiro atoms. The Hall–Kier alpha value is -2.77. The summed E-state index contributed by atoms with van der Waals surface area (Å²) in [5, 5.41) is 7.37. The van der Waals surface area contributed by atoms with Crippen molar-refractivity contribution >= 4 is 45.6 Å². The van der Waals surface area contributed by atoms with E-state index in [1.807, 2.05) is 54.6 Å². The van der Waals surface area contributed by atoms with E-state index in [1.54, 1.807) is 11.3 Å². The molecule has 1 aromatic heterocycles. The largest absolute Gasteiger partial charge is 0.321 e. The molecule has 32 heavy (non-hydrogen) atoms. The molecule has 0 bridgehead atoms. The molecule has 0 aliphatic carbocycles. The lowest BCUT2D eigenvalue weighted by molar-refractivity contribution is 0.102. The normalized spacial score (nSPS) is 14.1. The maximum absolute atomic E-state index is 12.7. The number of carbonyl (C=O) groups excluding carboxylic acids is 1. The first-order chi connectivity index (χ1) is 15.3. The topological polar surface area (TPSA) is 57.3 Å². The number of nitrogens with one attached hydrogen (secondary N) is 2. The van der Waals surface area contributed by atoms with Crippen LogP contribution in [-0.2, 0) is 6.54 Å². The van der Waals surface area contributed by atoms with Gasteiger partial charge in [0, 0.05) is 43.9 Å². The first-order valence-electron chi connectivity index (χ1n) is 10.5. The van der Waals surface area contributed by atoms with Crippen LogP contribution in [0.4, 0.5) is 5.69 Å². The molecule has 1 saturated heterocycles. The van der Waals surface area contributed by atoms with Crippen LogP contribution in [0.2, 0.25) is 0 Å². The Morgan fingerprint density at radius 1 is 1.00 bits per heavy atom. The summed E-state index contributed by atoms with van der Waals surface area (Å²) < 4.78 is 1.17. The number of thiazole rings is 1. The van der Waals surface area contributed by atoms with Gasteiger partial charge in [0.2, 0.25) is 0 Å². The highest BCUT2D eigenvalue weighted by Crippen LogP contribution is 2.35. The van der Waals surface area contributed by atoms with Crippen LogP contribution in [0.25, 0.3) is 20.8 Å². The van der Waals surface area contributed by atoms with Crippen molar-refractivity contribution in [3.63, 3.8) is 0 Å². The zero-order chi connectivity index (χ0) is 21.0. The lowest BCUT2D eigenvalue weighted by Gasteiger charge is -2.27. The molecule has 0 saturated carbocycles. The van der Waals surface area contributed by atoms with Gasteiger partial charge in [0.25, 0.3) is 5.91 Å². The van der Waals surface area contributed by atoms with Crippen LogP contribution in [-0.4, -0.2) is 42.0 Å². The van der Waals surface area contributed by atoms with E-state index in [9.17, 15) is 4.79 Å². The Bertz CT molecular complexity index is 1210. The molecule has 1 aliphatic rings. The van der Waals surface area contributed by atoms with E-state index >= 15 is 0 Å². The Morgan fingerprint density at radius 2 is 1.75 bits per heavy atom. The van der Waals surface area contributed by atoms with E-state index in [1.165, 1.54) is 10.3 Å². The maximum atomic E-state index is 12.7. The summed E-state index contributed by atoms with van der Waals surface area (Å²) in [4.78, 5) is 20.0. The molecule has 3 aromatic carbocycles. The summed E-state index contributed by atoms with van der Waals surface area (Å²) in [6, 6.07) is 23.7. The first-order valence-corrected chi connectivity index (χ1v) is 11.4. The number of anilines is 1. The monoisotopic (exact) mass is 464 g/mol. The van der Waals surface area contributed by atoms with E-state index in [-0.39, 0.29) is 18.3 Å². The average molecular weight is 465 g/mol. The van der Waals surface area contributed by atoms with Gasteiger partial charge in [-0.3, -0.25) is 9.69 Å². The molecule has 0 radical (unpaired) electrons. The Labute approximate surface area is 197 Å². The van der Waals surface area contributed by atoms with Gasteiger partial charge in [-0.2, -0.15) is 0 Å². The highest BCUT2D eigenvalue weighted by atomic mass is 35.5. The molecule has 7 heteroatoms. The maximum Gasteiger partial charge on any atom is 0.255 e. The van der Waals surface area contributed by atoms with E-state index in [0.29, 0.717) is 5.56 Å². The lowest BCUT2D eigenvalue weighted by Crippen LogP contribution is -2.42. The van der Waals surface area contributed by atoms with Crippen molar-refractivity contribution in [3.8, 4) is 10.6 Å². The number of benzene rings is 3. The average Bonchev–Trinajstić information content (AvgIpc) is 3.24. The van der Waals surface area contributed by atoms with Crippen molar-refractivity contribution in [1.82, 2.24) is 15.2 Å². The van der Waals surface area contributed by atoms with Crippen LogP contribution in [0.5, 0.6) is 0 Å². The first kappa shape index (κ1) is 22.4. The minimum absolute atomic E-state index is 0. The van der Waals surface area contributed by atoms with Crippen LogP contribution >= 0.6 is 23.7 Å². The molecule has 164 valence electrons. The van der Waals surface area contributed by atoms with Gasteiger partial charge < -0.3 is 10.6 Å². The predicted molar refractivity (Wildman–Crippen MR) is 135 cm³/mol. The van der Waals surface area contributed by atoms with E-state index in [4.69, 9.17) is 4.98 Å². The van der Waals surface area contributed by atoms with Crippen molar-refractivity contribution in [1.29, 1.82) is 0 Å². The third-order valence-corrected chi connectivity index (χ3v) is 6.56. The second kappa shape index (κ2) is 10.2. The zero-order valence-corrected chi connectivity index (χ0v) is 19.2. The smallest absolute Gasteiger partial charge is 0.255 e. The molecule has 1 fully saturated rings. The van der Waals surface area contributed by atoms with Crippen LogP contribution in [0, 0.1) is 0 Å². The van der Waals surface area contributed by atoms with Gasteiger partial charge in [0.05, 0.1) is 15.9 Å². The summed E-state index contributed by atoms with van der Waals surface area (Å²) in [6.45, 7) is 5.24. The summed E-state index contributed by atoms with van der Waals surface area (Å²) >= 11 is 1.67. The van der Waals surface area contributed by atoms with Crippen LogP contribution in [0.3, 0.4) is 0 Å². The zero-order valence-electron chi connectivity index (χ0n) is 17.6. The van der Waals surface area contributed by atoms with Crippen molar-refractivity contribution in [3.05, 3.63) is 83.9 Å². The second-order valence-electron chi connectivity index (χ2n) is 7.71. The number of piperazine rings is 1. The fraction of sp³-hybridized carbons (Fsp3) is 0.200. The SMILES string of the molecule is Cl.O=C(Nc1ccccc1-c1nc2ccc(CN3CCNCC3)cc2s1)c1ccccc1. The Balaban J connectivity index is 0.00000245. The summed E-state index contributed by atoms with van der Waals surface area (Å²) in [5.74, 6) is -0.118. The molecular weight excluding hydrogens is 440 g/mol. The van der Waals surface area contributed by atoms with E-state index < -0.39 is 0 Å². The summed E-state index contributed by atoms with van der Waals surface area (Å²) in [5.41, 5.74) is 4.66. The molecule has 1 aliphatic heterocycles. The Kier molecular flexibility index (Phi) is 7.17. The van der Waals surface area contributed by atoms with E-state index in [0.717, 1.165) is 54.5 Å². The van der Waals surface area contributed by atoms with Crippen molar-refractivity contribution < 1.29 is 4.79 Å². The lowest BCUT2D eigenvalue weighted by atomic mass is 10.1. The second-order valence-corrected chi connectivity index (χ2v) is 8.74. The molecular formula is C25H25ClN4OS. The Morgan fingerprint density at radius 3 is 2.56 bits per heavy atom. The number of fused-ring (bicyclic) bond motifs is 1. The third kappa shape index (κ3) is 5.00. The number of aromatic nitrogens is 1. The fourth-order valence-electron chi connectivity index (χ4n) is 3.87. The highest BCUT2D eigenvalue weighted by Gasteiger charge is 2.15. The molecule has 2 heterocycles. The van der Waals surface area contributed by atoms with E-state index in [2.05, 4.69) is 33.7 Å². The summed E-state index contributed by atoms with van der Waals surface area (Å²) in [6.07, 6.45) is 0. The molecule has 1 amide bonds. The van der Waals surface area contributed by atoms with Gasteiger partial charge in [0.1, 0.15) is 5.01 Å². The van der Waals surface area contributed by atoms with Crippen molar-refractivity contribution in [2.24, 2.45) is 0 Å². The third-order valence-electron chi connectivity index (χ3n) is 5.51. The van der Waals surface area contributed by atoms with Crippen LogP contribution in [0.15, 0.2) is 72.8 Å². The van der Waals surface area contributed by atoms with Crippen LogP contribution < -0.4 is 10.6 Å². The van der Waals surface area contributed by atoms with Crippen molar-refractivity contribution in [2.75, 3.05) is 31.5 Å². The van der Waals surface area contributed by atoms with Gasteiger partial charge in [-0.25, -0.2) is 4.98 Å². The molecule has 0 unspecified atom stereocenters. The number of hydrogen-bond acceptors (Lipinski definition) is 5. The van der Waals surface area contributed by atoms with Gasteiger partial charge >= 0.3 is 0 Å². The van der Waals surface area contributed by atoms with Gasteiger partial charge in [-0.05, 0) is 42.0 Å². The minimum Gasteiger partial charge on any atom is -0.321 e. The minimum atomic E-state index is -0.118. The highest BCUT2D eigenvalue weighted by molar-refractivity contribution is 7.21. The molecule has 5 nitrogen and oxygen atoms in total. The predicted octanol–water partition coefficient (Wildman–Crippen LogP) is 5.04. The number of carbonyl (C=O) groups is 1. The number of amides is 1. The van der Waals surface area contributed by atoms with Crippen molar-refractivity contribution in [2.45, 2.75) is 6.54 Å². The fourth-order valence-corrected chi connectivity index (χ4v) is 4.94. The van der Waals surface area contributed by atoms with Gasteiger partial charge in [-0.1, -0.05) is 36.4 Å². The van der Waals surface area contributed by atoms with Crippen LogP contribution in [0.1, 0.15) is 15.9 Å². The number of rotatable bonds is 5. The van der Waals surface area contributed by atoms with Gasteiger partial charge in [-0.15, -0.1) is 23.7 Å².